The topological polar surface area (TPSA) is 131 Å². The lowest BCUT2D eigenvalue weighted by Gasteiger charge is -2.42. The number of rotatable bonds is 3. The lowest BCUT2D eigenvalue weighted by Crippen LogP contribution is -2.45. The maximum absolute atomic E-state index is 13.4. The van der Waals surface area contributed by atoms with Gasteiger partial charge in [0.25, 0.3) is 5.56 Å². The summed E-state index contributed by atoms with van der Waals surface area (Å²) in [5.41, 5.74) is 6.63. The van der Waals surface area contributed by atoms with Gasteiger partial charge in [-0.05, 0) is 31.5 Å². The minimum Gasteiger partial charge on any atom is -0.368 e. The molecule has 5 heterocycles. The number of aromatic nitrogens is 6. The quantitative estimate of drug-likeness (QED) is 0.519. The molecular formula is C20H16ClN9O. The summed E-state index contributed by atoms with van der Waals surface area (Å²) in [6, 6.07) is 8.76. The van der Waals surface area contributed by atoms with Gasteiger partial charge in [0.1, 0.15) is 23.0 Å². The second kappa shape index (κ2) is 7.07. The third kappa shape index (κ3) is 2.90. The lowest BCUT2D eigenvalue weighted by atomic mass is 10.0. The number of halogens is 1. The normalized spacial score (nSPS) is 15.6. The van der Waals surface area contributed by atoms with E-state index in [-0.39, 0.29) is 23.1 Å². The second-order valence-corrected chi connectivity index (χ2v) is 7.53. The van der Waals surface area contributed by atoms with Crippen LogP contribution in [-0.2, 0) is 0 Å². The Labute approximate surface area is 181 Å². The Morgan fingerprint density at radius 3 is 2.81 bits per heavy atom. The Kier molecular flexibility index (Phi) is 4.34. The van der Waals surface area contributed by atoms with Crippen molar-refractivity contribution < 1.29 is 0 Å². The molecule has 0 aliphatic carbocycles. The molecule has 0 bridgehead atoms. The van der Waals surface area contributed by atoms with Crippen molar-refractivity contribution in [2.45, 2.75) is 19.4 Å². The molecule has 1 atom stereocenters. The number of hydrogen-bond acceptors (Lipinski definition) is 8. The highest BCUT2D eigenvalue weighted by Gasteiger charge is 2.37. The molecule has 4 aromatic rings. The molecular weight excluding hydrogens is 418 g/mol. The van der Waals surface area contributed by atoms with Crippen molar-refractivity contribution >= 4 is 28.9 Å². The van der Waals surface area contributed by atoms with E-state index < -0.39 is 0 Å². The molecule has 31 heavy (non-hydrogen) atoms. The van der Waals surface area contributed by atoms with Crippen LogP contribution < -0.4 is 16.2 Å². The molecule has 4 aromatic heterocycles. The molecule has 0 saturated carbocycles. The minimum atomic E-state index is -0.329. The SMILES string of the molecule is Cc1nc(N)nc(N2CCC2c2nn3ccc(Cl)c3c(=O)n2-c2ccccn2)c1C#N. The van der Waals surface area contributed by atoms with E-state index in [1.54, 1.807) is 43.6 Å². The van der Waals surface area contributed by atoms with Crippen LogP contribution in [-0.4, -0.2) is 35.7 Å². The van der Waals surface area contributed by atoms with E-state index in [1.165, 1.54) is 9.08 Å². The van der Waals surface area contributed by atoms with Gasteiger partial charge in [0.2, 0.25) is 5.95 Å². The molecule has 1 aliphatic rings. The fraction of sp³-hybridized carbons (Fsp3) is 0.200. The molecule has 0 radical (unpaired) electrons. The van der Waals surface area contributed by atoms with Gasteiger partial charge in [0.05, 0.1) is 16.8 Å². The smallest absolute Gasteiger partial charge is 0.285 e. The highest BCUT2D eigenvalue weighted by molar-refractivity contribution is 6.33. The van der Waals surface area contributed by atoms with Gasteiger partial charge < -0.3 is 10.6 Å². The number of hydrogen-bond donors (Lipinski definition) is 1. The fourth-order valence-electron chi connectivity index (χ4n) is 3.80. The Hall–Kier alpha value is -3.97. The van der Waals surface area contributed by atoms with Gasteiger partial charge in [0, 0.05) is 18.9 Å². The fourth-order valence-corrected chi connectivity index (χ4v) is 4.02. The molecule has 1 saturated heterocycles. The molecule has 2 N–H and O–H groups in total. The molecule has 0 amide bonds. The predicted molar refractivity (Wildman–Crippen MR) is 114 cm³/mol. The zero-order valence-corrected chi connectivity index (χ0v) is 17.2. The Balaban J connectivity index is 1.73. The summed E-state index contributed by atoms with van der Waals surface area (Å²) in [7, 11) is 0. The number of aryl methyl sites for hydroxylation is 1. The van der Waals surface area contributed by atoms with E-state index in [1.807, 2.05) is 4.90 Å². The Morgan fingerprint density at radius 1 is 1.29 bits per heavy atom. The van der Waals surface area contributed by atoms with Crippen molar-refractivity contribution in [1.82, 2.24) is 29.1 Å². The van der Waals surface area contributed by atoms with Crippen LogP contribution in [0.4, 0.5) is 11.8 Å². The van der Waals surface area contributed by atoms with Crippen molar-refractivity contribution in [1.29, 1.82) is 5.26 Å². The van der Waals surface area contributed by atoms with Crippen molar-refractivity contribution in [2.24, 2.45) is 0 Å². The third-order valence-electron chi connectivity index (χ3n) is 5.33. The van der Waals surface area contributed by atoms with Crippen molar-refractivity contribution in [3.05, 3.63) is 69.1 Å². The van der Waals surface area contributed by atoms with Crippen LogP contribution in [0, 0.1) is 18.3 Å². The molecule has 11 heteroatoms. The molecule has 1 aliphatic heterocycles. The largest absolute Gasteiger partial charge is 0.368 e. The van der Waals surface area contributed by atoms with Crippen LogP contribution in [0.1, 0.15) is 29.5 Å². The third-order valence-corrected chi connectivity index (χ3v) is 5.64. The van der Waals surface area contributed by atoms with Gasteiger partial charge in [-0.25, -0.2) is 19.1 Å². The number of nitrogens with zero attached hydrogens (tertiary/aromatic N) is 8. The summed E-state index contributed by atoms with van der Waals surface area (Å²) in [6.07, 6.45) is 3.95. The molecule has 10 nitrogen and oxygen atoms in total. The van der Waals surface area contributed by atoms with Gasteiger partial charge in [-0.2, -0.15) is 15.3 Å². The van der Waals surface area contributed by atoms with Gasteiger partial charge in [-0.15, -0.1) is 0 Å². The average Bonchev–Trinajstić information content (AvgIpc) is 3.09. The first kappa shape index (κ1) is 19.0. The second-order valence-electron chi connectivity index (χ2n) is 7.12. The number of nitrogens with two attached hydrogens (primary N) is 1. The van der Waals surface area contributed by atoms with Gasteiger partial charge in [-0.1, -0.05) is 17.7 Å². The van der Waals surface area contributed by atoms with Crippen molar-refractivity contribution in [3.8, 4) is 11.9 Å². The number of pyridine rings is 1. The first-order chi connectivity index (χ1) is 15.0. The van der Waals surface area contributed by atoms with Gasteiger partial charge >= 0.3 is 0 Å². The summed E-state index contributed by atoms with van der Waals surface area (Å²) in [4.78, 5) is 28.1. The number of nitriles is 1. The van der Waals surface area contributed by atoms with E-state index in [2.05, 4.69) is 26.1 Å². The van der Waals surface area contributed by atoms with E-state index in [4.69, 9.17) is 17.3 Å². The molecule has 154 valence electrons. The van der Waals surface area contributed by atoms with E-state index in [0.717, 1.165) is 0 Å². The summed E-state index contributed by atoms with van der Waals surface area (Å²) < 4.78 is 2.93. The van der Waals surface area contributed by atoms with Crippen LogP contribution in [0.2, 0.25) is 5.02 Å². The van der Waals surface area contributed by atoms with Crippen molar-refractivity contribution in [3.63, 3.8) is 0 Å². The minimum absolute atomic E-state index is 0.0832. The number of nitrogen functional groups attached to an aromatic ring is 1. The first-order valence-electron chi connectivity index (χ1n) is 9.51. The summed E-state index contributed by atoms with van der Waals surface area (Å²) in [5, 5.41) is 14.6. The lowest BCUT2D eigenvalue weighted by molar-refractivity contribution is 0.422. The zero-order chi connectivity index (χ0) is 21.7. The molecule has 5 rings (SSSR count). The highest BCUT2D eigenvalue weighted by atomic mass is 35.5. The maximum atomic E-state index is 13.4. The highest BCUT2D eigenvalue weighted by Crippen LogP contribution is 2.38. The maximum Gasteiger partial charge on any atom is 0.285 e. The molecule has 0 spiro atoms. The molecule has 1 unspecified atom stereocenters. The Bertz CT molecular complexity index is 1420. The number of anilines is 2. The number of fused-ring (bicyclic) bond motifs is 1. The molecule has 1 fully saturated rings. The van der Waals surface area contributed by atoms with E-state index >= 15 is 0 Å². The van der Waals surface area contributed by atoms with Crippen LogP contribution >= 0.6 is 11.6 Å². The summed E-state index contributed by atoms with van der Waals surface area (Å²) in [6.45, 7) is 2.34. The van der Waals surface area contributed by atoms with Crippen LogP contribution in [0.15, 0.2) is 41.5 Å². The monoisotopic (exact) mass is 433 g/mol. The standard InChI is InChI=1S/C20H16ClN9O/c1-11-12(10-22)17(26-20(23)25-11)28-8-6-14(28)18-27-29-9-5-13(21)16(29)19(31)30(18)15-4-2-3-7-24-15/h2-5,7,9,14H,6,8H2,1H3,(H2,23,25,26). The van der Waals surface area contributed by atoms with Gasteiger partial charge in [0.15, 0.2) is 11.6 Å². The van der Waals surface area contributed by atoms with Crippen LogP contribution in [0.5, 0.6) is 0 Å². The van der Waals surface area contributed by atoms with Crippen LogP contribution in [0.3, 0.4) is 0 Å². The van der Waals surface area contributed by atoms with Crippen molar-refractivity contribution in [2.75, 3.05) is 17.2 Å². The van der Waals surface area contributed by atoms with E-state index in [9.17, 15) is 10.1 Å². The Morgan fingerprint density at radius 2 is 2.13 bits per heavy atom. The predicted octanol–water partition coefficient (Wildman–Crippen LogP) is 2.04. The summed E-state index contributed by atoms with van der Waals surface area (Å²) >= 11 is 6.24. The first-order valence-corrected chi connectivity index (χ1v) is 9.89. The average molecular weight is 434 g/mol. The molecule has 0 aromatic carbocycles. The van der Waals surface area contributed by atoms with Crippen LogP contribution in [0.25, 0.3) is 11.3 Å². The zero-order valence-electron chi connectivity index (χ0n) is 16.4. The summed E-state index contributed by atoms with van der Waals surface area (Å²) in [5.74, 6) is 1.41. The van der Waals surface area contributed by atoms with Gasteiger partial charge in [-0.3, -0.25) is 4.79 Å². The van der Waals surface area contributed by atoms with E-state index in [0.29, 0.717) is 46.7 Å².